The minimum absolute atomic E-state index is 0.0696. The first kappa shape index (κ1) is 15.0. The average molecular weight is 408 g/mol. The van der Waals surface area contributed by atoms with Crippen molar-refractivity contribution in [3.63, 3.8) is 0 Å². The highest BCUT2D eigenvalue weighted by Crippen LogP contribution is 2.27. The maximum atomic E-state index is 13.1. The van der Waals surface area contributed by atoms with E-state index in [1.54, 1.807) is 6.07 Å². The molecule has 0 aliphatic rings. The van der Waals surface area contributed by atoms with Crippen LogP contribution in [0.15, 0.2) is 45.3 Å². The van der Waals surface area contributed by atoms with Gasteiger partial charge in [-0.2, -0.15) is 0 Å². The lowest BCUT2D eigenvalue weighted by molar-refractivity contribution is 0.178. The third kappa shape index (κ3) is 4.02. The van der Waals surface area contributed by atoms with Gasteiger partial charge in [-0.1, -0.05) is 49.5 Å². The second-order valence-corrected chi connectivity index (χ2v) is 6.41. The van der Waals surface area contributed by atoms with Gasteiger partial charge in [0.15, 0.2) is 0 Å². The highest BCUT2D eigenvalue weighted by atomic mass is 79.9. The second-order valence-electron chi connectivity index (χ2n) is 4.17. The smallest absolute Gasteiger partial charge is 0.141 e. The molecule has 1 nitrogen and oxygen atoms in total. The lowest BCUT2D eigenvalue weighted by Crippen LogP contribution is -2.02. The predicted molar refractivity (Wildman–Crippen MR) is 81.9 cm³/mol. The zero-order valence-corrected chi connectivity index (χ0v) is 13.6. The van der Waals surface area contributed by atoms with Crippen LogP contribution < -0.4 is 0 Å². The molecular weight excluding hydrogens is 398 g/mol. The zero-order valence-electron chi connectivity index (χ0n) is 9.71. The molecule has 0 saturated carbocycles. The molecule has 19 heavy (non-hydrogen) atoms. The molecular formula is C14H10Br2ClFO. The van der Waals surface area contributed by atoms with Crippen molar-refractivity contribution in [2.24, 2.45) is 0 Å². The van der Waals surface area contributed by atoms with Crippen LogP contribution in [0, 0.1) is 5.82 Å². The Labute approximate surface area is 132 Å². The number of hydrogen-bond acceptors (Lipinski definition) is 1. The Morgan fingerprint density at radius 3 is 2.32 bits per heavy atom. The number of benzene rings is 2. The normalized spacial score (nSPS) is 12.5. The van der Waals surface area contributed by atoms with Gasteiger partial charge < -0.3 is 5.11 Å². The van der Waals surface area contributed by atoms with E-state index in [1.165, 1.54) is 12.1 Å². The standard InChI is InChI=1S/C14H10Br2ClFO/c15-10-5-9(6-11(16)7-10)14(19)4-8-1-2-13(18)12(17)3-8/h1-3,5-7,14,19H,4H2. The van der Waals surface area contributed by atoms with Crippen molar-refractivity contribution in [3.05, 3.63) is 67.3 Å². The largest absolute Gasteiger partial charge is 0.388 e. The van der Waals surface area contributed by atoms with E-state index < -0.39 is 11.9 Å². The molecule has 1 unspecified atom stereocenters. The van der Waals surface area contributed by atoms with Gasteiger partial charge in [0.2, 0.25) is 0 Å². The van der Waals surface area contributed by atoms with E-state index in [-0.39, 0.29) is 5.02 Å². The van der Waals surface area contributed by atoms with E-state index in [1.807, 2.05) is 18.2 Å². The van der Waals surface area contributed by atoms with Crippen LogP contribution in [0.4, 0.5) is 4.39 Å². The van der Waals surface area contributed by atoms with Crippen LogP contribution in [-0.2, 0) is 6.42 Å². The molecule has 0 aliphatic heterocycles. The Hall–Kier alpha value is -0.420. The van der Waals surface area contributed by atoms with Crippen molar-refractivity contribution in [2.45, 2.75) is 12.5 Å². The zero-order chi connectivity index (χ0) is 14.0. The van der Waals surface area contributed by atoms with Crippen molar-refractivity contribution in [2.75, 3.05) is 0 Å². The van der Waals surface area contributed by atoms with Crippen LogP contribution in [-0.4, -0.2) is 5.11 Å². The van der Waals surface area contributed by atoms with Crippen LogP contribution >= 0.6 is 43.5 Å². The lowest BCUT2D eigenvalue weighted by atomic mass is 10.0. The highest BCUT2D eigenvalue weighted by Gasteiger charge is 2.11. The number of rotatable bonds is 3. The fourth-order valence-electron chi connectivity index (χ4n) is 1.78. The first-order valence-corrected chi connectivity index (χ1v) is 7.50. The molecule has 2 aromatic carbocycles. The second kappa shape index (κ2) is 6.35. The Kier molecular flexibility index (Phi) is 5.01. The van der Waals surface area contributed by atoms with Crippen molar-refractivity contribution >= 4 is 43.5 Å². The van der Waals surface area contributed by atoms with Gasteiger partial charge in [-0.25, -0.2) is 4.39 Å². The monoisotopic (exact) mass is 406 g/mol. The molecule has 1 atom stereocenters. The summed E-state index contributed by atoms with van der Waals surface area (Å²) < 4.78 is 14.8. The van der Waals surface area contributed by atoms with Crippen molar-refractivity contribution < 1.29 is 9.50 Å². The summed E-state index contributed by atoms with van der Waals surface area (Å²) in [5, 5.41) is 10.3. The molecule has 1 N–H and O–H groups in total. The molecule has 5 heteroatoms. The van der Waals surface area contributed by atoms with Crippen molar-refractivity contribution in [3.8, 4) is 0 Å². The fraction of sp³-hybridized carbons (Fsp3) is 0.143. The first-order valence-electron chi connectivity index (χ1n) is 5.53. The van der Waals surface area contributed by atoms with Gasteiger partial charge in [-0.3, -0.25) is 0 Å². The van der Waals surface area contributed by atoms with Crippen LogP contribution in [0.3, 0.4) is 0 Å². The van der Waals surface area contributed by atoms with Gasteiger partial charge in [0.05, 0.1) is 11.1 Å². The molecule has 2 rings (SSSR count). The molecule has 100 valence electrons. The number of hydrogen-bond donors (Lipinski definition) is 1. The summed E-state index contributed by atoms with van der Waals surface area (Å²) in [6, 6.07) is 10.1. The summed E-state index contributed by atoms with van der Waals surface area (Å²) in [5.74, 6) is -0.454. The number of halogens is 4. The van der Waals surface area contributed by atoms with E-state index in [9.17, 15) is 9.50 Å². The molecule has 0 radical (unpaired) electrons. The van der Waals surface area contributed by atoms with Crippen LogP contribution in [0.2, 0.25) is 5.02 Å². The van der Waals surface area contributed by atoms with Crippen LogP contribution in [0.1, 0.15) is 17.2 Å². The van der Waals surface area contributed by atoms with Gasteiger partial charge in [-0.15, -0.1) is 0 Å². The predicted octanol–water partition coefficient (Wildman–Crippen LogP) is 5.28. The van der Waals surface area contributed by atoms with Crippen molar-refractivity contribution in [1.29, 1.82) is 0 Å². The van der Waals surface area contributed by atoms with Gasteiger partial charge >= 0.3 is 0 Å². The van der Waals surface area contributed by atoms with E-state index in [0.717, 1.165) is 20.1 Å². The third-order valence-corrected chi connectivity index (χ3v) is 3.89. The van der Waals surface area contributed by atoms with Gasteiger partial charge in [0.1, 0.15) is 5.82 Å². The molecule has 0 fully saturated rings. The van der Waals surface area contributed by atoms with Gasteiger partial charge in [0, 0.05) is 15.4 Å². The number of aliphatic hydroxyl groups excluding tert-OH is 1. The minimum Gasteiger partial charge on any atom is -0.388 e. The van der Waals surface area contributed by atoms with Gasteiger partial charge in [0.25, 0.3) is 0 Å². The maximum absolute atomic E-state index is 13.1. The summed E-state index contributed by atoms with van der Waals surface area (Å²) in [4.78, 5) is 0. The topological polar surface area (TPSA) is 20.2 Å². The van der Waals surface area contributed by atoms with E-state index in [4.69, 9.17) is 11.6 Å². The average Bonchev–Trinajstić information content (AvgIpc) is 2.32. The summed E-state index contributed by atoms with van der Waals surface area (Å²) >= 11 is 12.5. The number of aliphatic hydroxyl groups is 1. The summed E-state index contributed by atoms with van der Waals surface area (Å²) in [7, 11) is 0. The van der Waals surface area contributed by atoms with E-state index in [2.05, 4.69) is 31.9 Å². The first-order chi connectivity index (χ1) is 8.95. The molecule has 0 amide bonds. The van der Waals surface area contributed by atoms with Gasteiger partial charge in [-0.05, 0) is 41.5 Å². The van der Waals surface area contributed by atoms with Crippen LogP contribution in [0.25, 0.3) is 0 Å². The summed E-state index contributed by atoms with van der Waals surface area (Å²) in [6.45, 7) is 0. The molecule has 0 heterocycles. The molecule has 0 spiro atoms. The Morgan fingerprint density at radius 1 is 1.11 bits per heavy atom. The summed E-state index contributed by atoms with van der Waals surface area (Å²) in [6.07, 6.45) is -0.293. The van der Waals surface area contributed by atoms with Crippen LogP contribution in [0.5, 0.6) is 0 Å². The summed E-state index contributed by atoms with van der Waals surface area (Å²) in [5.41, 5.74) is 1.57. The Morgan fingerprint density at radius 2 is 1.74 bits per heavy atom. The highest BCUT2D eigenvalue weighted by molar-refractivity contribution is 9.11. The molecule has 0 aliphatic carbocycles. The quantitative estimate of drug-likeness (QED) is 0.733. The molecule has 0 saturated heterocycles. The Bertz CT molecular complexity index is 584. The Balaban J connectivity index is 2.20. The third-order valence-electron chi connectivity index (χ3n) is 2.68. The lowest BCUT2D eigenvalue weighted by Gasteiger charge is -2.12. The molecule has 2 aromatic rings. The van der Waals surface area contributed by atoms with E-state index >= 15 is 0 Å². The minimum atomic E-state index is -0.671. The van der Waals surface area contributed by atoms with Crippen molar-refractivity contribution in [1.82, 2.24) is 0 Å². The molecule has 0 aromatic heterocycles. The SMILES string of the molecule is OC(Cc1ccc(F)c(Cl)c1)c1cc(Br)cc(Br)c1. The van der Waals surface area contributed by atoms with E-state index in [0.29, 0.717) is 6.42 Å². The fourth-order valence-corrected chi connectivity index (χ4v) is 3.31. The molecule has 0 bridgehead atoms. The maximum Gasteiger partial charge on any atom is 0.141 e.